The van der Waals surface area contributed by atoms with Gasteiger partial charge >= 0.3 is 5.97 Å². The van der Waals surface area contributed by atoms with Crippen LogP contribution in [0.5, 0.6) is 0 Å². The summed E-state index contributed by atoms with van der Waals surface area (Å²) >= 11 is 1.24. The molecule has 0 fully saturated rings. The average molecular weight is 171 g/mol. The third kappa shape index (κ3) is 1.71. The van der Waals surface area contributed by atoms with Crippen molar-refractivity contribution < 1.29 is 9.90 Å². The van der Waals surface area contributed by atoms with Gasteiger partial charge in [0.05, 0.1) is 5.69 Å². The molecule has 0 atom stereocenters. The fourth-order valence-electron chi connectivity index (χ4n) is 0.805. The quantitative estimate of drug-likeness (QED) is 0.730. The van der Waals surface area contributed by atoms with Crippen LogP contribution < -0.4 is 5.32 Å². The maximum absolute atomic E-state index is 10.5. The summed E-state index contributed by atoms with van der Waals surface area (Å²) in [5.41, 5.74) is 0.713. The molecule has 0 unspecified atom stereocenters. The van der Waals surface area contributed by atoms with Gasteiger partial charge in [-0.15, -0.1) is 11.3 Å². The Labute approximate surface area is 68.7 Å². The summed E-state index contributed by atoms with van der Waals surface area (Å²) in [6, 6.07) is 1.78. The number of thiophene rings is 1. The first-order chi connectivity index (χ1) is 5.25. The Morgan fingerprint density at radius 1 is 1.82 bits per heavy atom. The van der Waals surface area contributed by atoms with Crippen molar-refractivity contribution in [3.05, 3.63) is 16.3 Å². The molecule has 0 radical (unpaired) electrons. The van der Waals surface area contributed by atoms with Crippen molar-refractivity contribution >= 4 is 23.0 Å². The van der Waals surface area contributed by atoms with Crippen LogP contribution in [0.1, 0.15) is 16.6 Å². The van der Waals surface area contributed by atoms with Gasteiger partial charge in [0.1, 0.15) is 4.88 Å². The van der Waals surface area contributed by atoms with Crippen molar-refractivity contribution in [2.75, 3.05) is 11.9 Å². The van der Waals surface area contributed by atoms with Gasteiger partial charge in [-0.1, -0.05) is 0 Å². The molecule has 0 bridgehead atoms. The number of carbonyl (C=O) groups is 1. The molecular formula is C7H9NO2S. The highest BCUT2D eigenvalue weighted by atomic mass is 32.1. The molecule has 1 aromatic rings. The van der Waals surface area contributed by atoms with Gasteiger partial charge in [0.25, 0.3) is 0 Å². The first-order valence-electron chi connectivity index (χ1n) is 3.30. The predicted molar refractivity (Wildman–Crippen MR) is 45.4 cm³/mol. The Kier molecular flexibility index (Phi) is 2.48. The van der Waals surface area contributed by atoms with Crippen LogP contribution in [0, 0.1) is 0 Å². The highest BCUT2D eigenvalue weighted by molar-refractivity contribution is 7.12. The minimum atomic E-state index is -0.865. The second-order valence-electron chi connectivity index (χ2n) is 2.00. The first kappa shape index (κ1) is 8.07. The Hall–Kier alpha value is -1.03. The van der Waals surface area contributed by atoms with E-state index in [2.05, 4.69) is 5.32 Å². The van der Waals surface area contributed by atoms with E-state index in [4.69, 9.17) is 5.11 Å². The maximum atomic E-state index is 10.5. The molecule has 0 aliphatic heterocycles. The first-order valence-corrected chi connectivity index (χ1v) is 4.18. The smallest absolute Gasteiger partial charge is 0.348 e. The Balaban J connectivity index is 2.87. The topological polar surface area (TPSA) is 49.3 Å². The molecule has 1 aromatic heterocycles. The number of hydrogen-bond acceptors (Lipinski definition) is 3. The van der Waals surface area contributed by atoms with E-state index >= 15 is 0 Å². The maximum Gasteiger partial charge on any atom is 0.348 e. The second-order valence-corrected chi connectivity index (χ2v) is 2.91. The molecule has 1 heterocycles. The normalized spacial score (nSPS) is 9.55. The zero-order valence-corrected chi connectivity index (χ0v) is 6.94. The van der Waals surface area contributed by atoms with Crippen LogP contribution in [0.2, 0.25) is 0 Å². The van der Waals surface area contributed by atoms with Crippen LogP contribution in [0.25, 0.3) is 0 Å². The molecule has 0 saturated heterocycles. The van der Waals surface area contributed by atoms with E-state index in [-0.39, 0.29) is 0 Å². The van der Waals surface area contributed by atoms with Gasteiger partial charge in [-0.3, -0.25) is 0 Å². The minimum Gasteiger partial charge on any atom is -0.477 e. The lowest BCUT2D eigenvalue weighted by atomic mass is 10.4. The van der Waals surface area contributed by atoms with Gasteiger partial charge < -0.3 is 10.4 Å². The minimum absolute atomic E-state index is 0.381. The number of hydrogen-bond donors (Lipinski definition) is 2. The van der Waals surface area contributed by atoms with Crippen molar-refractivity contribution in [2.24, 2.45) is 0 Å². The summed E-state index contributed by atoms with van der Waals surface area (Å²) in [5, 5.41) is 13.4. The zero-order chi connectivity index (χ0) is 8.27. The van der Waals surface area contributed by atoms with E-state index < -0.39 is 5.97 Å². The van der Waals surface area contributed by atoms with Crippen LogP contribution in [0.4, 0.5) is 5.69 Å². The summed E-state index contributed by atoms with van der Waals surface area (Å²) in [7, 11) is 0. The number of carboxylic acids is 1. The monoisotopic (exact) mass is 171 g/mol. The van der Waals surface area contributed by atoms with Gasteiger partial charge in [0.15, 0.2) is 0 Å². The lowest BCUT2D eigenvalue weighted by Gasteiger charge is -1.99. The highest BCUT2D eigenvalue weighted by Gasteiger charge is 2.09. The van der Waals surface area contributed by atoms with Gasteiger partial charge in [-0.25, -0.2) is 4.79 Å². The van der Waals surface area contributed by atoms with Gasteiger partial charge in [-0.05, 0) is 18.4 Å². The largest absolute Gasteiger partial charge is 0.477 e. The number of nitrogens with one attached hydrogen (secondary N) is 1. The third-order valence-corrected chi connectivity index (χ3v) is 2.13. The lowest BCUT2D eigenvalue weighted by Crippen LogP contribution is -2.01. The Bertz CT molecular complexity index is 257. The average Bonchev–Trinajstić information content (AvgIpc) is 2.36. The molecule has 60 valence electrons. The summed E-state index contributed by atoms with van der Waals surface area (Å²) < 4.78 is 0. The molecule has 0 spiro atoms. The molecule has 0 aliphatic rings. The fourth-order valence-corrected chi connectivity index (χ4v) is 1.51. The van der Waals surface area contributed by atoms with Crippen LogP contribution in [-0.4, -0.2) is 17.6 Å². The van der Waals surface area contributed by atoms with E-state index in [1.165, 1.54) is 11.3 Å². The van der Waals surface area contributed by atoms with E-state index in [1.54, 1.807) is 11.4 Å². The van der Waals surface area contributed by atoms with Crippen LogP contribution in [0.3, 0.4) is 0 Å². The zero-order valence-electron chi connectivity index (χ0n) is 6.13. The summed E-state index contributed by atoms with van der Waals surface area (Å²) in [5.74, 6) is -0.865. The van der Waals surface area contributed by atoms with E-state index in [0.717, 1.165) is 6.54 Å². The van der Waals surface area contributed by atoms with Crippen molar-refractivity contribution in [2.45, 2.75) is 6.92 Å². The molecule has 3 nitrogen and oxygen atoms in total. The fraction of sp³-hybridized carbons (Fsp3) is 0.286. The number of aromatic carboxylic acids is 1. The van der Waals surface area contributed by atoms with Crippen LogP contribution in [0.15, 0.2) is 11.4 Å². The summed E-state index contributed by atoms with van der Waals surface area (Å²) in [4.78, 5) is 10.9. The molecule has 0 aliphatic carbocycles. The van der Waals surface area contributed by atoms with Crippen molar-refractivity contribution in [1.82, 2.24) is 0 Å². The lowest BCUT2D eigenvalue weighted by molar-refractivity contribution is 0.0703. The van der Waals surface area contributed by atoms with Crippen molar-refractivity contribution in [3.8, 4) is 0 Å². The van der Waals surface area contributed by atoms with E-state index in [1.807, 2.05) is 6.92 Å². The molecule has 1 rings (SSSR count). The Morgan fingerprint density at radius 2 is 2.55 bits per heavy atom. The standard InChI is InChI=1S/C7H9NO2S/c1-2-8-5-3-4-11-6(5)7(9)10/h3-4,8H,2H2,1H3,(H,9,10). The SMILES string of the molecule is CCNc1ccsc1C(=O)O. The highest BCUT2D eigenvalue weighted by Crippen LogP contribution is 2.21. The predicted octanol–water partition coefficient (Wildman–Crippen LogP) is 1.88. The van der Waals surface area contributed by atoms with Crippen LogP contribution >= 0.6 is 11.3 Å². The van der Waals surface area contributed by atoms with Crippen LogP contribution in [-0.2, 0) is 0 Å². The van der Waals surface area contributed by atoms with E-state index in [0.29, 0.717) is 10.6 Å². The van der Waals surface area contributed by atoms with Crippen molar-refractivity contribution in [1.29, 1.82) is 0 Å². The molecule has 0 aromatic carbocycles. The molecule has 0 amide bonds. The number of rotatable bonds is 3. The molecule has 2 N–H and O–H groups in total. The van der Waals surface area contributed by atoms with E-state index in [9.17, 15) is 4.79 Å². The summed E-state index contributed by atoms with van der Waals surface area (Å²) in [6.07, 6.45) is 0. The van der Waals surface area contributed by atoms with Gasteiger partial charge in [0, 0.05) is 6.54 Å². The molecular weight excluding hydrogens is 162 g/mol. The Morgan fingerprint density at radius 3 is 3.09 bits per heavy atom. The van der Waals surface area contributed by atoms with Gasteiger partial charge in [0.2, 0.25) is 0 Å². The molecule has 4 heteroatoms. The van der Waals surface area contributed by atoms with Crippen molar-refractivity contribution in [3.63, 3.8) is 0 Å². The second kappa shape index (κ2) is 3.39. The van der Waals surface area contributed by atoms with Gasteiger partial charge in [-0.2, -0.15) is 0 Å². The number of carboxylic acid groups (broad SMARTS) is 1. The summed E-state index contributed by atoms with van der Waals surface area (Å²) in [6.45, 7) is 2.68. The molecule has 11 heavy (non-hydrogen) atoms. The number of anilines is 1. The molecule has 0 saturated carbocycles. The third-order valence-electron chi connectivity index (χ3n) is 1.23.